The molecule has 2 aromatic rings. The van der Waals surface area contributed by atoms with Gasteiger partial charge in [-0.05, 0) is 29.2 Å². The molecule has 2 nitrogen and oxygen atoms in total. The molecule has 1 N–H and O–H groups in total. The standard InChI is InChI=1S/C17H18O2/c1-17(2,3)14-11-13(9-10-15(14)18)16(19)12-7-5-4-6-8-12/h4-11,18H,1-3H3. The minimum absolute atomic E-state index is 0.0221. The van der Waals surface area contributed by atoms with E-state index in [9.17, 15) is 9.90 Å². The molecule has 0 aliphatic rings. The quantitative estimate of drug-likeness (QED) is 0.825. The zero-order valence-electron chi connectivity index (χ0n) is 11.5. The molecule has 19 heavy (non-hydrogen) atoms. The summed E-state index contributed by atoms with van der Waals surface area (Å²) in [6.45, 7) is 6.04. The largest absolute Gasteiger partial charge is 0.508 e. The van der Waals surface area contributed by atoms with Gasteiger partial charge in [0.15, 0.2) is 5.78 Å². The van der Waals surface area contributed by atoms with Crippen LogP contribution in [0.15, 0.2) is 48.5 Å². The van der Waals surface area contributed by atoms with E-state index in [0.717, 1.165) is 5.56 Å². The highest BCUT2D eigenvalue weighted by molar-refractivity contribution is 6.09. The molecule has 0 aromatic heterocycles. The van der Waals surface area contributed by atoms with Crippen LogP contribution in [0, 0.1) is 0 Å². The lowest BCUT2D eigenvalue weighted by Gasteiger charge is -2.21. The van der Waals surface area contributed by atoms with Gasteiger partial charge < -0.3 is 5.11 Å². The number of aromatic hydroxyl groups is 1. The van der Waals surface area contributed by atoms with E-state index in [-0.39, 0.29) is 16.9 Å². The smallest absolute Gasteiger partial charge is 0.193 e. The molecule has 0 spiro atoms. The lowest BCUT2D eigenvalue weighted by molar-refractivity contribution is 0.103. The van der Waals surface area contributed by atoms with Gasteiger partial charge >= 0.3 is 0 Å². The third-order valence-electron chi connectivity index (χ3n) is 3.10. The number of hydrogen-bond acceptors (Lipinski definition) is 2. The van der Waals surface area contributed by atoms with Crippen LogP contribution in [0.5, 0.6) is 5.75 Å². The van der Waals surface area contributed by atoms with Crippen molar-refractivity contribution in [2.45, 2.75) is 26.2 Å². The van der Waals surface area contributed by atoms with Crippen LogP contribution < -0.4 is 0 Å². The van der Waals surface area contributed by atoms with Gasteiger partial charge in [0.1, 0.15) is 5.75 Å². The van der Waals surface area contributed by atoms with Crippen molar-refractivity contribution in [3.8, 4) is 5.75 Å². The van der Waals surface area contributed by atoms with Gasteiger partial charge in [0.2, 0.25) is 0 Å². The molecule has 0 bridgehead atoms. The summed E-state index contributed by atoms with van der Waals surface area (Å²) >= 11 is 0. The normalized spacial score (nSPS) is 11.3. The van der Waals surface area contributed by atoms with E-state index in [1.54, 1.807) is 30.3 Å². The third kappa shape index (κ3) is 2.84. The average molecular weight is 254 g/mol. The Balaban J connectivity index is 2.45. The van der Waals surface area contributed by atoms with Crippen LogP contribution in [-0.2, 0) is 5.41 Å². The van der Waals surface area contributed by atoms with Gasteiger partial charge in [-0.25, -0.2) is 0 Å². The molecule has 2 rings (SSSR count). The lowest BCUT2D eigenvalue weighted by Crippen LogP contribution is -2.13. The highest BCUT2D eigenvalue weighted by Crippen LogP contribution is 2.31. The molecule has 0 fully saturated rings. The van der Waals surface area contributed by atoms with E-state index in [4.69, 9.17) is 0 Å². The van der Waals surface area contributed by atoms with Crippen LogP contribution in [-0.4, -0.2) is 10.9 Å². The molecular weight excluding hydrogens is 236 g/mol. The minimum atomic E-state index is -0.197. The Hall–Kier alpha value is -2.09. The number of phenolic OH excluding ortho intramolecular Hbond substituents is 1. The molecule has 2 heteroatoms. The summed E-state index contributed by atoms with van der Waals surface area (Å²) in [5, 5.41) is 9.91. The van der Waals surface area contributed by atoms with Gasteiger partial charge in [-0.15, -0.1) is 0 Å². The predicted molar refractivity (Wildman–Crippen MR) is 76.7 cm³/mol. The maximum absolute atomic E-state index is 12.4. The van der Waals surface area contributed by atoms with Gasteiger partial charge in [0.05, 0.1) is 0 Å². The summed E-state index contributed by atoms with van der Waals surface area (Å²) in [6.07, 6.45) is 0. The van der Waals surface area contributed by atoms with E-state index < -0.39 is 0 Å². The molecule has 0 saturated carbocycles. The van der Waals surface area contributed by atoms with Crippen LogP contribution in [0.1, 0.15) is 42.3 Å². The van der Waals surface area contributed by atoms with Crippen molar-refractivity contribution in [2.24, 2.45) is 0 Å². The molecule has 98 valence electrons. The third-order valence-corrected chi connectivity index (χ3v) is 3.10. The Labute approximate surface area is 113 Å². The van der Waals surface area contributed by atoms with Crippen molar-refractivity contribution in [3.05, 3.63) is 65.2 Å². The van der Waals surface area contributed by atoms with Crippen molar-refractivity contribution < 1.29 is 9.90 Å². The van der Waals surface area contributed by atoms with E-state index >= 15 is 0 Å². The fourth-order valence-electron chi connectivity index (χ4n) is 2.03. The second-order valence-corrected chi connectivity index (χ2v) is 5.68. The van der Waals surface area contributed by atoms with Crippen LogP contribution in [0.3, 0.4) is 0 Å². The molecule has 0 saturated heterocycles. The number of hydrogen-bond donors (Lipinski definition) is 1. The van der Waals surface area contributed by atoms with Crippen molar-refractivity contribution in [1.29, 1.82) is 0 Å². The van der Waals surface area contributed by atoms with Crippen LogP contribution in [0.25, 0.3) is 0 Å². The van der Waals surface area contributed by atoms with E-state index in [0.29, 0.717) is 11.1 Å². The number of phenols is 1. The van der Waals surface area contributed by atoms with Gasteiger partial charge in [-0.2, -0.15) is 0 Å². The van der Waals surface area contributed by atoms with Gasteiger partial charge in [0.25, 0.3) is 0 Å². The van der Waals surface area contributed by atoms with E-state index in [2.05, 4.69) is 0 Å². The minimum Gasteiger partial charge on any atom is -0.508 e. The highest BCUT2D eigenvalue weighted by Gasteiger charge is 2.20. The zero-order chi connectivity index (χ0) is 14.0. The first-order chi connectivity index (χ1) is 8.89. The monoisotopic (exact) mass is 254 g/mol. The van der Waals surface area contributed by atoms with Gasteiger partial charge in [0, 0.05) is 11.1 Å². The van der Waals surface area contributed by atoms with Crippen molar-refractivity contribution >= 4 is 5.78 Å². The van der Waals surface area contributed by atoms with E-state index in [1.165, 1.54) is 0 Å². The molecule has 2 aromatic carbocycles. The Bertz CT molecular complexity index is 592. The molecule has 0 unspecified atom stereocenters. The Morgan fingerprint density at radius 3 is 2.16 bits per heavy atom. The molecular formula is C17H18O2. The maximum Gasteiger partial charge on any atom is 0.193 e. The maximum atomic E-state index is 12.4. The summed E-state index contributed by atoms with van der Waals surface area (Å²) in [7, 11) is 0. The summed E-state index contributed by atoms with van der Waals surface area (Å²) in [6, 6.07) is 14.2. The van der Waals surface area contributed by atoms with Crippen LogP contribution >= 0.6 is 0 Å². The number of carbonyl (C=O) groups is 1. The molecule has 0 heterocycles. The average Bonchev–Trinajstić information content (AvgIpc) is 2.38. The molecule has 0 aliphatic carbocycles. The number of benzene rings is 2. The second kappa shape index (κ2) is 4.88. The van der Waals surface area contributed by atoms with Crippen molar-refractivity contribution in [3.63, 3.8) is 0 Å². The number of ketones is 1. The Morgan fingerprint density at radius 1 is 0.947 bits per heavy atom. The fourth-order valence-corrected chi connectivity index (χ4v) is 2.03. The summed E-state index contributed by atoms with van der Waals surface area (Å²) in [5.41, 5.74) is 1.85. The van der Waals surface area contributed by atoms with Gasteiger partial charge in [-0.1, -0.05) is 51.1 Å². The van der Waals surface area contributed by atoms with Crippen molar-refractivity contribution in [1.82, 2.24) is 0 Å². The number of rotatable bonds is 2. The first kappa shape index (κ1) is 13.3. The van der Waals surface area contributed by atoms with E-state index in [1.807, 2.05) is 39.0 Å². The predicted octanol–water partition coefficient (Wildman–Crippen LogP) is 3.92. The first-order valence-electron chi connectivity index (χ1n) is 6.33. The fraction of sp³-hybridized carbons (Fsp3) is 0.235. The molecule has 0 amide bonds. The Kier molecular flexibility index (Phi) is 3.43. The SMILES string of the molecule is CC(C)(C)c1cc(C(=O)c2ccccc2)ccc1O. The molecule has 0 radical (unpaired) electrons. The topological polar surface area (TPSA) is 37.3 Å². The summed E-state index contributed by atoms with van der Waals surface area (Å²) in [5.74, 6) is 0.211. The Morgan fingerprint density at radius 2 is 1.58 bits per heavy atom. The van der Waals surface area contributed by atoms with Gasteiger partial charge in [-0.3, -0.25) is 4.79 Å². The summed E-state index contributed by atoms with van der Waals surface area (Å²) < 4.78 is 0. The molecule has 0 atom stereocenters. The van der Waals surface area contributed by atoms with Crippen molar-refractivity contribution in [2.75, 3.05) is 0 Å². The van der Waals surface area contributed by atoms with Crippen LogP contribution in [0.4, 0.5) is 0 Å². The lowest BCUT2D eigenvalue weighted by atomic mass is 9.84. The second-order valence-electron chi connectivity index (χ2n) is 5.68. The first-order valence-corrected chi connectivity index (χ1v) is 6.33. The van der Waals surface area contributed by atoms with Crippen LogP contribution in [0.2, 0.25) is 0 Å². The number of carbonyl (C=O) groups excluding carboxylic acids is 1. The highest BCUT2D eigenvalue weighted by atomic mass is 16.3. The zero-order valence-corrected chi connectivity index (χ0v) is 11.5. The summed E-state index contributed by atoms with van der Waals surface area (Å²) in [4.78, 5) is 12.4. The molecule has 0 aliphatic heterocycles.